The molecule has 0 N–H and O–H groups in total. The molecule has 5 nitrogen and oxygen atoms in total. The Morgan fingerprint density at radius 3 is 2.12 bits per heavy atom. The number of likely N-dealkylation sites (N-methyl/N-ethyl adjacent to an activating group) is 1. The fraction of sp³-hybridized carbons (Fsp3) is 0.235. The van der Waals surface area contributed by atoms with E-state index in [1.807, 2.05) is 13.0 Å². The van der Waals surface area contributed by atoms with Gasteiger partial charge in [0.15, 0.2) is 0 Å². The number of amides is 3. The van der Waals surface area contributed by atoms with Crippen LogP contribution in [0.15, 0.2) is 24.3 Å². The van der Waals surface area contributed by atoms with Crippen molar-refractivity contribution in [2.45, 2.75) is 13.5 Å². The molecule has 1 aromatic carbocycles. The van der Waals surface area contributed by atoms with Gasteiger partial charge >= 0.3 is 0 Å². The Morgan fingerprint density at radius 2 is 1.65 bits per heavy atom. The van der Waals surface area contributed by atoms with Gasteiger partial charge in [-0.3, -0.25) is 19.3 Å². The number of fused-ring (bicyclic) bond motifs is 1. The molecular weight excluding hydrogens is 419 g/mol. The molecule has 2 heterocycles. The molecule has 0 unspecified atom stereocenters. The topological polar surface area (TPSA) is 57.7 Å². The molecule has 136 valence electrons. The molecule has 26 heavy (non-hydrogen) atoms. The van der Waals surface area contributed by atoms with Crippen LogP contribution in [-0.4, -0.2) is 40.6 Å². The van der Waals surface area contributed by atoms with E-state index in [4.69, 9.17) is 34.8 Å². The average Bonchev–Trinajstić information content (AvgIpc) is 3.11. The summed E-state index contributed by atoms with van der Waals surface area (Å²) in [5.74, 6) is -1.43. The first-order valence-corrected chi connectivity index (χ1v) is 9.64. The van der Waals surface area contributed by atoms with E-state index in [0.717, 1.165) is 9.78 Å². The molecule has 0 bridgehead atoms. The van der Waals surface area contributed by atoms with Crippen molar-refractivity contribution in [3.05, 3.63) is 54.7 Å². The predicted molar refractivity (Wildman–Crippen MR) is 102 cm³/mol. The van der Waals surface area contributed by atoms with Crippen LogP contribution >= 0.6 is 46.1 Å². The molecule has 0 saturated heterocycles. The Balaban J connectivity index is 1.76. The lowest BCUT2D eigenvalue weighted by atomic mass is 10.1. The van der Waals surface area contributed by atoms with Crippen molar-refractivity contribution in [3.8, 4) is 0 Å². The molecular formula is C17H13Cl3N2O3S. The lowest BCUT2D eigenvalue weighted by Crippen LogP contribution is -2.42. The Kier molecular flexibility index (Phi) is 5.58. The van der Waals surface area contributed by atoms with Gasteiger partial charge < -0.3 is 4.90 Å². The van der Waals surface area contributed by atoms with Crippen molar-refractivity contribution in [1.82, 2.24) is 9.80 Å². The number of carbonyl (C=O) groups is 3. The summed E-state index contributed by atoms with van der Waals surface area (Å²) < 4.78 is 0.637. The number of rotatable bonds is 5. The van der Waals surface area contributed by atoms with Gasteiger partial charge in [0.2, 0.25) is 5.91 Å². The monoisotopic (exact) mass is 430 g/mol. The van der Waals surface area contributed by atoms with Crippen LogP contribution in [0.5, 0.6) is 0 Å². The summed E-state index contributed by atoms with van der Waals surface area (Å²) in [5, 5.41) is 0.369. The number of hydrogen-bond acceptors (Lipinski definition) is 4. The van der Waals surface area contributed by atoms with E-state index in [1.54, 1.807) is 11.0 Å². The van der Waals surface area contributed by atoms with Gasteiger partial charge in [-0.15, -0.1) is 11.3 Å². The van der Waals surface area contributed by atoms with Gasteiger partial charge in [-0.2, -0.15) is 0 Å². The zero-order valence-electron chi connectivity index (χ0n) is 13.6. The molecule has 0 spiro atoms. The first-order valence-electron chi connectivity index (χ1n) is 7.69. The molecule has 1 aliphatic heterocycles. The molecule has 0 atom stereocenters. The quantitative estimate of drug-likeness (QED) is 0.661. The maximum absolute atomic E-state index is 12.6. The molecule has 3 amide bonds. The zero-order chi connectivity index (χ0) is 19.0. The highest BCUT2D eigenvalue weighted by Crippen LogP contribution is 2.31. The lowest BCUT2D eigenvalue weighted by Gasteiger charge is -2.23. The van der Waals surface area contributed by atoms with Gasteiger partial charge in [-0.05, 0) is 31.2 Å². The van der Waals surface area contributed by atoms with Crippen LogP contribution in [0.4, 0.5) is 0 Å². The van der Waals surface area contributed by atoms with E-state index in [1.165, 1.54) is 23.5 Å². The molecule has 0 radical (unpaired) electrons. The highest BCUT2D eigenvalue weighted by Gasteiger charge is 2.38. The zero-order valence-corrected chi connectivity index (χ0v) is 16.7. The van der Waals surface area contributed by atoms with Gasteiger partial charge in [-0.25, -0.2) is 0 Å². The predicted octanol–water partition coefficient (Wildman–Crippen LogP) is 4.35. The fourth-order valence-corrected chi connectivity index (χ4v) is 4.09. The van der Waals surface area contributed by atoms with Crippen LogP contribution in [0.3, 0.4) is 0 Å². The van der Waals surface area contributed by atoms with Crippen LogP contribution in [0.2, 0.25) is 14.4 Å². The Hall–Kier alpha value is -1.60. The first-order chi connectivity index (χ1) is 12.3. The molecule has 2 aromatic rings. The third-order valence-electron chi connectivity index (χ3n) is 4.01. The molecule has 0 aliphatic carbocycles. The Morgan fingerprint density at radius 1 is 1.08 bits per heavy atom. The van der Waals surface area contributed by atoms with Crippen LogP contribution in [0, 0.1) is 0 Å². The molecule has 0 saturated carbocycles. The number of imide groups is 1. The van der Waals surface area contributed by atoms with E-state index in [0.29, 0.717) is 17.4 Å². The van der Waals surface area contributed by atoms with Crippen molar-refractivity contribution in [3.63, 3.8) is 0 Å². The van der Waals surface area contributed by atoms with Gasteiger partial charge in [-0.1, -0.05) is 34.8 Å². The van der Waals surface area contributed by atoms with E-state index >= 15 is 0 Å². The van der Waals surface area contributed by atoms with Crippen molar-refractivity contribution >= 4 is 63.9 Å². The van der Waals surface area contributed by atoms with Crippen LogP contribution in [-0.2, 0) is 11.3 Å². The smallest absolute Gasteiger partial charge is 0.262 e. The van der Waals surface area contributed by atoms with Crippen molar-refractivity contribution < 1.29 is 14.4 Å². The maximum Gasteiger partial charge on any atom is 0.262 e. The minimum absolute atomic E-state index is 0.158. The van der Waals surface area contributed by atoms with Crippen LogP contribution < -0.4 is 0 Å². The summed E-state index contributed by atoms with van der Waals surface area (Å²) in [4.78, 5) is 41.0. The largest absolute Gasteiger partial charge is 0.336 e. The summed E-state index contributed by atoms with van der Waals surface area (Å²) in [6.07, 6.45) is 0. The SMILES string of the molecule is CCN(Cc1ccc(Cl)s1)C(=O)CN1C(=O)c2cc(Cl)c(Cl)cc2C1=O. The van der Waals surface area contributed by atoms with Crippen LogP contribution in [0.1, 0.15) is 32.5 Å². The van der Waals surface area contributed by atoms with Gasteiger partial charge in [0, 0.05) is 11.4 Å². The van der Waals surface area contributed by atoms with Crippen LogP contribution in [0.25, 0.3) is 0 Å². The minimum atomic E-state index is -0.549. The molecule has 1 aromatic heterocycles. The maximum atomic E-state index is 12.6. The summed E-state index contributed by atoms with van der Waals surface area (Å²) in [6, 6.07) is 6.32. The Bertz CT molecular complexity index is 872. The number of nitrogens with zero attached hydrogens (tertiary/aromatic N) is 2. The summed E-state index contributed by atoms with van der Waals surface area (Å²) in [7, 11) is 0. The number of benzene rings is 1. The van der Waals surface area contributed by atoms with Crippen molar-refractivity contribution in [2.24, 2.45) is 0 Å². The lowest BCUT2D eigenvalue weighted by molar-refractivity contribution is -0.131. The number of thiophene rings is 1. The van der Waals surface area contributed by atoms with E-state index in [2.05, 4.69) is 0 Å². The second-order valence-corrected chi connectivity index (χ2v) is 8.24. The minimum Gasteiger partial charge on any atom is -0.336 e. The standard InChI is InChI=1S/C17H13Cl3N2O3S/c1-2-21(7-9-3-4-14(20)26-9)15(23)8-22-16(24)10-5-12(18)13(19)6-11(10)17(22)25/h3-6H,2,7-8H2,1H3. The molecule has 3 rings (SSSR count). The van der Waals surface area contributed by atoms with E-state index < -0.39 is 11.8 Å². The summed E-state index contributed by atoms with van der Waals surface area (Å²) >= 11 is 19.1. The third-order valence-corrected chi connectivity index (χ3v) is 5.95. The second-order valence-electron chi connectivity index (χ2n) is 5.62. The molecule has 0 fully saturated rings. The van der Waals surface area contributed by atoms with Gasteiger partial charge in [0.25, 0.3) is 11.8 Å². The van der Waals surface area contributed by atoms with Crippen molar-refractivity contribution in [1.29, 1.82) is 0 Å². The Labute approximate surface area is 169 Å². The summed E-state index contributed by atoms with van der Waals surface area (Å²) in [5.41, 5.74) is 0.315. The highest BCUT2D eigenvalue weighted by molar-refractivity contribution is 7.16. The number of carbonyl (C=O) groups excluding carboxylic acids is 3. The number of halogens is 3. The van der Waals surface area contributed by atoms with E-state index in [9.17, 15) is 14.4 Å². The van der Waals surface area contributed by atoms with Gasteiger partial charge in [0.05, 0.1) is 32.1 Å². The van der Waals surface area contributed by atoms with E-state index in [-0.39, 0.29) is 33.6 Å². The summed E-state index contributed by atoms with van der Waals surface area (Å²) in [6.45, 7) is 2.30. The highest BCUT2D eigenvalue weighted by atomic mass is 35.5. The normalized spacial score (nSPS) is 13.3. The fourth-order valence-electron chi connectivity index (χ4n) is 2.66. The number of hydrogen-bond donors (Lipinski definition) is 0. The molecule has 9 heteroatoms. The average molecular weight is 432 g/mol. The first kappa shape index (κ1) is 19.2. The van der Waals surface area contributed by atoms with Gasteiger partial charge in [0.1, 0.15) is 6.54 Å². The second kappa shape index (κ2) is 7.56. The third kappa shape index (κ3) is 3.60. The molecule has 1 aliphatic rings. The van der Waals surface area contributed by atoms with Crippen molar-refractivity contribution in [2.75, 3.05) is 13.1 Å².